The maximum absolute atomic E-state index is 2.65. The first kappa shape index (κ1) is 58.5. The first-order valence-electron chi connectivity index (χ1n) is 33.8. The van der Waals surface area contributed by atoms with Gasteiger partial charge < -0.3 is 14.0 Å². The third-order valence-electron chi connectivity index (χ3n) is 20.3. The molecule has 0 atom stereocenters. The van der Waals surface area contributed by atoms with Gasteiger partial charge in [-0.1, -0.05) is 242 Å². The minimum absolute atomic E-state index is 0.0265. The van der Waals surface area contributed by atoms with Crippen LogP contribution in [0, 0.1) is 27.7 Å². The number of aromatic nitrogens is 2. The van der Waals surface area contributed by atoms with E-state index >= 15 is 0 Å². The Balaban J connectivity index is 0.762. The molecule has 0 saturated carbocycles. The Labute approximate surface area is 534 Å². The molecule has 2 aromatic heterocycles. The highest BCUT2D eigenvalue weighted by atomic mass is 15.1. The number of hydrogen-bond donors (Lipinski definition) is 0. The number of para-hydroxylation sites is 3. The Morgan fingerprint density at radius 1 is 0.300 bits per heavy atom. The van der Waals surface area contributed by atoms with Crippen molar-refractivity contribution in [3.05, 3.63) is 270 Å². The van der Waals surface area contributed by atoms with Gasteiger partial charge in [-0.2, -0.15) is 0 Å². The standard InChI is InChI=1S/C87H85N3/c1-7-9-11-13-15-23-53-87(54-24-16-14-12-10-8-2)81-57-62(5)61(4)55-79(81)80-56-63(6)78(59-82(80)87)67-39-50-71(51-40-67)88(69-42-31-60(3)32-43-69)70-44-37-66(38-45-70)68-41-52-77-76-27-19-22-30-85(76)90(86(77)58-68)73-48-35-65(36-49-73)64-33-46-72(47-34-64)89-83-28-20-17-25-74(83)75-26-18-21-29-84(75)89/h17-22,25-52,55-59H,7-16,23-24,53-54H2,1-6H3. The summed E-state index contributed by atoms with van der Waals surface area (Å²) < 4.78 is 4.82. The number of nitrogens with zero attached hydrogens (tertiary/aromatic N) is 3. The SMILES string of the molecule is CCCCCCCCC1(CCCCCCCC)c2cc(C)c(C)cc2-c2cc(C)c(-c3ccc(N(c4ccc(C)cc4)c4ccc(-c5ccc6c7ccccc7n(-c7ccc(-c8ccc(-n9c%10ccccc%10c%10ccccc%109)cc8)cc7)c6c5)cc4)cc3)cc21. The summed E-state index contributed by atoms with van der Waals surface area (Å²) in [6.07, 6.45) is 18.3. The van der Waals surface area contributed by atoms with E-state index in [1.54, 1.807) is 11.1 Å². The highest BCUT2D eigenvalue weighted by Gasteiger charge is 2.43. The predicted octanol–water partition coefficient (Wildman–Crippen LogP) is 25.4. The minimum atomic E-state index is 0.0265. The Kier molecular flexibility index (Phi) is 16.5. The van der Waals surface area contributed by atoms with E-state index in [-0.39, 0.29) is 5.41 Å². The molecule has 0 N–H and O–H groups in total. The molecule has 1 aliphatic rings. The molecule has 448 valence electrons. The van der Waals surface area contributed by atoms with Crippen LogP contribution in [0.4, 0.5) is 17.1 Å². The van der Waals surface area contributed by atoms with Gasteiger partial charge in [0.1, 0.15) is 0 Å². The second kappa shape index (κ2) is 25.4. The highest BCUT2D eigenvalue weighted by Crippen LogP contribution is 2.56. The Hall–Kier alpha value is -9.18. The monoisotopic (exact) mass is 1170 g/mol. The van der Waals surface area contributed by atoms with E-state index in [1.807, 2.05) is 0 Å². The molecule has 13 aromatic rings. The molecule has 0 aliphatic heterocycles. The predicted molar refractivity (Wildman–Crippen MR) is 387 cm³/mol. The van der Waals surface area contributed by atoms with Crippen molar-refractivity contribution in [2.75, 3.05) is 4.90 Å². The quantitative estimate of drug-likeness (QED) is 0.0617. The number of hydrogen-bond acceptors (Lipinski definition) is 1. The molecule has 14 rings (SSSR count). The second-order valence-corrected chi connectivity index (χ2v) is 26.1. The van der Waals surface area contributed by atoms with Gasteiger partial charge in [-0.3, -0.25) is 0 Å². The van der Waals surface area contributed by atoms with Gasteiger partial charge in [0.25, 0.3) is 0 Å². The van der Waals surface area contributed by atoms with Crippen LogP contribution in [0.1, 0.15) is 137 Å². The third-order valence-corrected chi connectivity index (χ3v) is 20.3. The fraction of sp³-hybridized carbons (Fsp3) is 0.241. The summed E-state index contributed by atoms with van der Waals surface area (Å²) in [5, 5.41) is 5.05. The second-order valence-electron chi connectivity index (χ2n) is 26.1. The number of benzene rings is 11. The molecule has 0 unspecified atom stereocenters. The van der Waals surface area contributed by atoms with Gasteiger partial charge in [0.2, 0.25) is 0 Å². The molecule has 0 fully saturated rings. The Bertz CT molecular complexity index is 4620. The molecule has 2 heterocycles. The van der Waals surface area contributed by atoms with E-state index < -0.39 is 0 Å². The van der Waals surface area contributed by atoms with Crippen molar-refractivity contribution in [1.29, 1.82) is 0 Å². The molecule has 0 saturated heterocycles. The van der Waals surface area contributed by atoms with Crippen LogP contribution in [0.5, 0.6) is 0 Å². The lowest BCUT2D eigenvalue weighted by atomic mass is 9.69. The van der Waals surface area contributed by atoms with E-state index in [2.05, 4.69) is 292 Å². The summed E-state index contributed by atoms with van der Waals surface area (Å²) in [5.41, 5.74) is 29.5. The molecule has 3 nitrogen and oxygen atoms in total. The molecule has 3 heteroatoms. The molecular weight excluding hydrogens is 1090 g/mol. The topological polar surface area (TPSA) is 13.1 Å². The van der Waals surface area contributed by atoms with Crippen molar-refractivity contribution in [3.63, 3.8) is 0 Å². The zero-order valence-corrected chi connectivity index (χ0v) is 53.8. The van der Waals surface area contributed by atoms with Crippen LogP contribution in [0.25, 0.3) is 99.5 Å². The summed E-state index contributed by atoms with van der Waals surface area (Å²) in [4.78, 5) is 2.42. The zero-order chi connectivity index (χ0) is 61.3. The maximum atomic E-state index is 2.65. The first-order chi connectivity index (χ1) is 44.2. The number of unbranched alkanes of at least 4 members (excludes halogenated alkanes) is 10. The number of anilines is 3. The van der Waals surface area contributed by atoms with Gasteiger partial charge in [-0.15, -0.1) is 0 Å². The fourth-order valence-corrected chi connectivity index (χ4v) is 15.3. The molecule has 1 aliphatic carbocycles. The molecule has 0 amide bonds. The van der Waals surface area contributed by atoms with Crippen molar-refractivity contribution in [3.8, 4) is 55.9 Å². The van der Waals surface area contributed by atoms with Gasteiger partial charge >= 0.3 is 0 Å². The zero-order valence-electron chi connectivity index (χ0n) is 53.8. The van der Waals surface area contributed by atoms with Crippen molar-refractivity contribution in [2.45, 2.75) is 137 Å². The molecule has 0 radical (unpaired) electrons. The lowest BCUT2D eigenvalue weighted by molar-refractivity contribution is 0.397. The maximum Gasteiger partial charge on any atom is 0.0547 e. The summed E-state index contributed by atoms with van der Waals surface area (Å²) in [6, 6.07) is 89.4. The Morgan fingerprint density at radius 3 is 1.19 bits per heavy atom. The summed E-state index contributed by atoms with van der Waals surface area (Å²) >= 11 is 0. The van der Waals surface area contributed by atoms with Gasteiger partial charge in [0, 0.05) is 55.4 Å². The number of rotatable bonds is 22. The van der Waals surface area contributed by atoms with E-state index in [9.17, 15) is 0 Å². The smallest absolute Gasteiger partial charge is 0.0547 e. The van der Waals surface area contributed by atoms with Crippen LogP contribution in [0.15, 0.2) is 237 Å². The lowest BCUT2D eigenvalue weighted by Gasteiger charge is -2.34. The van der Waals surface area contributed by atoms with Crippen LogP contribution in [0.2, 0.25) is 0 Å². The van der Waals surface area contributed by atoms with E-state index in [0.29, 0.717) is 0 Å². The van der Waals surface area contributed by atoms with Crippen LogP contribution >= 0.6 is 0 Å². The fourth-order valence-electron chi connectivity index (χ4n) is 15.3. The largest absolute Gasteiger partial charge is 0.311 e. The van der Waals surface area contributed by atoms with Gasteiger partial charge in [-0.05, 0) is 204 Å². The summed E-state index contributed by atoms with van der Waals surface area (Å²) in [6.45, 7) is 13.8. The molecule has 11 aromatic carbocycles. The normalized spacial score (nSPS) is 12.6. The van der Waals surface area contributed by atoms with Gasteiger partial charge in [-0.25, -0.2) is 0 Å². The average molecular weight is 1170 g/mol. The highest BCUT2D eigenvalue weighted by molar-refractivity contribution is 6.11. The summed E-state index contributed by atoms with van der Waals surface area (Å²) in [5.74, 6) is 0. The average Bonchev–Trinajstić information content (AvgIpc) is 1.58. The molecule has 0 bridgehead atoms. The number of fused-ring (bicyclic) bond motifs is 9. The number of aryl methyl sites for hydroxylation is 4. The van der Waals surface area contributed by atoms with Crippen molar-refractivity contribution in [1.82, 2.24) is 9.13 Å². The molecule has 0 spiro atoms. The summed E-state index contributed by atoms with van der Waals surface area (Å²) in [7, 11) is 0. The van der Waals surface area contributed by atoms with Crippen LogP contribution in [-0.2, 0) is 5.41 Å². The third kappa shape index (κ3) is 10.9. The molecular formula is C87H85N3. The van der Waals surface area contributed by atoms with Crippen molar-refractivity contribution in [2.24, 2.45) is 0 Å². The lowest BCUT2D eigenvalue weighted by Crippen LogP contribution is -2.26. The van der Waals surface area contributed by atoms with Crippen molar-refractivity contribution >= 4 is 60.7 Å². The molecule has 90 heavy (non-hydrogen) atoms. The van der Waals surface area contributed by atoms with Crippen LogP contribution in [-0.4, -0.2) is 9.13 Å². The van der Waals surface area contributed by atoms with Crippen LogP contribution < -0.4 is 4.90 Å². The minimum Gasteiger partial charge on any atom is -0.311 e. The van der Waals surface area contributed by atoms with Crippen LogP contribution in [0.3, 0.4) is 0 Å². The Morgan fingerprint density at radius 2 is 0.678 bits per heavy atom. The van der Waals surface area contributed by atoms with E-state index in [1.165, 1.54) is 200 Å². The van der Waals surface area contributed by atoms with Gasteiger partial charge in [0.15, 0.2) is 0 Å². The van der Waals surface area contributed by atoms with Crippen molar-refractivity contribution < 1.29 is 0 Å². The van der Waals surface area contributed by atoms with E-state index in [0.717, 1.165) is 28.4 Å². The first-order valence-corrected chi connectivity index (χ1v) is 33.8. The van der Waals surface area contributed by atoms with Gasteiger partial charge in [0.05, 0.1) is 22.1 Å². The van der Waals surface area contributed by atoms with E-state index in [4.69, 9.17) is 0 Å².